The fourth-order valence-electron chi connectivity index (χ4n) is 3.01. The molecule has 1 saturated heterocycles. The molecule has 0 radical (unpaired) electrons. The molecule has 1 aliphatic rings. The molecule has 4 heteroatoms. The van der Waals surface area contributed by atoms with Crippen LogP contribution in [-0.4, -0.2) is 29.1 Å². The molecule has 3 nitrogen and oxygen atoms in total. The normalized spacial score (nSPS) is 18.5. The predicted octanol–water partition coefficient (Wildman–Crippen LogP) is 4.03. The zero-order valence-corrected chi connectivity index (χ0v) is 13.0. The summed E-state index contributed by atoms with van der Waals surface area (Å²) < 4.78 is 0. The number of carbonyl (C=O) groups is 1. The Balaban J connectivity index is 1.65. The van der Waals surface area contributed by atoms with Gasteiger partial charge in [0.25, 0.3) is 0 Å². The molecule has 2 aromatic carbocycles. The Morgan fingerprint density at radius 3 is 2.59 bits per heavy atom. The van der Waals surface area contributed by atoms with Gasteiger partial charge < -0.3 is 5.11 Å². The van der Waals surface area contributed by atoms with E-state index in [0.717, 1.165) is 36.6 Å². The topological polar surface area (TPSA) is 40.5 Å². The number of benzene rings is 2. The van der Waals surface area contributed by atoms with Crippen LogP contribution < -0.4 is 0 Å². The summed E-state index contributed by atoms with van der Waals surface area (Å²) in [6.45, 7) is 2.89. The van der Waals surface area contributed by atoms with Crippen molar-refractivity contribution in [3.05, 3.63) is 70.2 Å². The van der Waals surface area contributed by atoms with Crippen LogP contribution in [-0.2, 0) is 6.54 Å². The Kier molecular flexibility index (Phi) is 4.46. The van der Waals surface area contributed by atoms with Crippen LogP contribution in [0.2, 0.25) is 5.02 Å². The van der Waals surface area contributed by atoms with Crippen molar-refractivity contribution in [2.75, 3.05) is 13.1 Å². The van der Waals surface area contributed by atoms with E-state index in [1.807, 2.05) is 30.3 Å². The molecular weight excluding hydrogens is 298 g/mol. The molecule has 22 heavy (non-hydrogen) atoms. The van der Waals surface area contributed by atoms with Crippen molar-refractivity contribution >= 4 is 17.6 Å². The molecule has 0 unspecified atom stereocenters. The first-order chi connectivity index (χ1) is 10.6. The second-order valence-corrected chi connectivity index (χ2v) is 6.15. The Morgan fingerprint density at radius 1 is 1.18 bits per heavy atom. The SMILES string of the molecule is O=C(O)c1ccc([C@@H]2CCN(Cc3ccccc3Cl)C2)cc1. The molecule has 0 amide bonds. The number of carboxylic acid groups (broad SMARTS) is 1. The lowest BCUT2D eigenvalue weighted by atomic mass is 9.97. The standard InChI is InChI=1S/C18H18ClNO2/c19-17-4-2-1-3-16(17)12-20-10-9-15(11-20)13-5-7-14(8-6-13)18(21)22/h1-8,15H,9-12H2,(H,21,22)/t15-/m1/s1. The van der Waals surface area contributed by atoms with E-state index in [2.05, 4.69) is 11.0 Å². The van der Waals surface area contributed by atoms with E-state index in [1.165, 1.54) is 5.56 Å². The third-order valence-corrected chi connectivity index (χ3v) is 4.62. The van der Waals surface area contributed by atoms with Crippen LogP contribution in [0, 0.1) is 0 Å². The first kappa shape index (κ1) is 15.1. The lowest BCUT2D eigenvalue weighted by molar-refractivity contribution is 0.0697. The van der Waals surface area contributed by atoms with E-state index in [-0.39, 0.29) is 0 Å². The van der Waals surface area contributed by atoms with Gasteiger partial charge in [-0.1, -0.05) is 41.9 Å². The summed E-state index contributed by atoms with van der Waals surface area (Å²) in [5.41, 5.74) is 2.72. The molecule has 0 aromatic heterocycles. The van der Waals surface area contributed by atoms with Crippen molar-refractivity contribution in [3.63, 3.8) is 0 Å². The van der Waals surface area contributed by atoms with Crippen molar-refractivity contribution in [2.45, 2.75) is 18.9 Å². The van der Waals surface area contributed by atoms with Gasteiger partial charge in [-0.3, -0.25) is 4.90 Å². The summed E-state index contributed by atoms with van der Waals surface area (Å²) in [5.74, 6) is -0.413. The van der Waals surface area contributed by atoms with Gasteiger partial charge in [-0.25, -0.2) is 4.79 Å². The lowest BCUT2D eigenvalue weighted by Gasteiger charge is -2.17. The Labute approximate surface area is 135 Å². The minimum Gasteiger partial charge on any atom is -0.478 e. The number of rotatable bonds is 4. The second-order valence-electron chi connectivity index (χ2n) is 5.74. The van der Waals surface area contributed by atoms with Crippen molar-refractivity contribution in [2.24, 2.45) is 0 Å². The van der Waals surface area contributed by atoms with Crippen LogP contribution in [0.15, 0.2) is 48.5 Å². The number of halogens is 1. The molecule has 0 spiro atoms. The minimum absolute atomic E-state index is 0.342. The predicted molar refractivity (Wildman–Crippen MR) is 87.5 cm³/mol. The Morgan fingerprint density at radius 2 is 1.91 bits per heavy atom. The summed E-state index contributed by atoms with van der Waals surface area (Å²) in [6.07, 6.45) is 1.09. The fraction of sp³-hybridized carbons (Fsp3) is 0.278. The van der Waals surface area contributed by atoms with Gasteiger partial charge in [0.1, 0.15) is 0 Å². The van der Waals surface area contributed by atoms with Crippen molar-refractivity contribution in [3.8, 4) is 0 Å². The molecule has 0 bridgehead atoms. The fourth-order valence-corrected chi connectivity index (χ4v) is 3.21. The van der Waals surface area contributed by atoms with E-state index in [1.54, 1.807) is 12.1 Å². The third kappa shape index (κ3) is 3.32. The van der Waals surface area contributed by atoms with E-state index >= 15 is 0 Å². The van der Waals surface area contributed by atoms with Gasteiger partial charge in [0.2, 0.25) is 0 Å². The highest BCUT2D eigenvalue weighted by atomic mass is 35.5. The number of hydrogen-bond acceptors (Lipinski definition) is 2. The molecule has 2 aromatic rings. The van der Waals surface area contributed by atoms with Crippen LogP contribution in [0.5, 0.6) is 0 Å². The molecule has 114 valence electrons. The van der Waals surface area contributed by atoms with E-state index < -0.39 is 5.97 Å². The maximum atomic E-state index is 10.9. The highest BCUT2D eigenvalue weighted by Gasteiger charge is 2.24. The number of hydrogen-bond donors (Lipinski definition) is 1. The molecule has 1 N–H and O–H groups in total. The van der Waals surface area contributed by atoms with E-state index in [0.29, 0.717) is 11.5 Å². The number of likely N-dealkylation sites (tertiary alicyclic amines) is 1. The molecule has 0 aliphatic carbocycles. The summed E-state index contributed by atoms with van der Waals surface area (Å²) in [5, 5.41) is 9.77. The molecule has 1 heterocycles. The van der Waals surface area contributed by atoms with Crippen LogP contribution in [0.25, 0.3) is 0 Å². The first-order valence-corrected chi connectivity index (χ1v) is 7.80. The maximum absolute atomic E-state index is 10.9. The Bertz CT molecular complexity index is 669. The van der Waals surface area contributed by atoms with Gasteiger partial charge in [0, 0.05) is 18.1 Å². The summed E-state index contributed by atoms with van der Waals surface area (Å²) in [6, 6.07) is 15.2. The molecular formula is C18H18ClNO2. The summed E-state index contributed by atoms with van der Waals surface area (Å²) in [4.78, 5) is 13.3. The number of aromatic carboxylic acids is 1. The summed E-state index contributed by atoms with van der Waals surface area (Å²) in [7, 11) is 0. The summed E-state index contributed by atoms with van der Waals surface area (Å²) >= 11 is 6.22. The second kappa shape index (κ2) is 6.51. The van der Waals surface area contributed by atoms with E-state index in [4.69, 9.17) is 16.7 Å². The average Bonchev–Trinajstić information content (AvgIpc) is 2.98. The van der Waals surface area contributed by atoms with Gasteiger partial charge in [-0.2, -0.15) is 0 Å². The van der Waals surface area contributed by atoms with Crippen LogP contribution in [0.1, 0.15) is 33.8 Å². The van der Waals surface area contributed by atoms with Gasteiger partial charge >= 0.3 is 5.97 Å². The monoisotopic (exact) mass is 315 g/mol. The molecule has 0 saturated carbocycles. The van der Waals surface area contributed by atoms with Gasteiger partial charge in [0.15, 0.2) is 0 Å². The molecule has 1 fully saturated rings. The van der Waals surface area contributed by atoms with Crippen molar-refractivity contribution < 1.29 is 9.90 Å². The minimum atomic E-state index is -0.877. The zero-order valence-electron chi connectivity index (χ0n) is 12.2. The Hall–Kier alpha value is -1.84. The number of nitrogens with zero attached hydrogens (tertiary/aromatic N) is 1. The van der Waals surface area contributed by atoms with Crippen molar-refractivity contribution in [1.82, 2.24) is 4.90 Å². The average molecular weight is 316 g/mol. The highest BCUT2D eigenvalue weighted by molar-refractivity contribution is 6.31. The smallest absolute Gasteiger partial charge is 0.335 e. The quantitative estimate of drug-likeness (QED) is 0.926. The largest absolute Gasteiger partial charge is 0.478 e. The van der Waals surface area contributed by atoms with Crippen LogP contribution in [0.3, 0.4) is 0 Å². The molecule has 1 atom stereocenters. The van der Waals surface area contributed by atoms with E-state index in [9.17, 15) is 4.79 Å². The first-order valence-electron chi connectivity index (χ1n) is 7.42. The number of carboxylic acids is 1. The van der Waals surface area contributed by atoms with Crippen LogP contribution in [0.4, 0.5) is 0 Å². The van der Waals surface area contributed by atoms with Gasteiger partial charge in [-0.05, 0) is 48.2 Å². The molecule has 3 rings (SSSR count). The zero-order chi connectivity index (χ0) is 15.5. The molecule has 1 aliphatic heterocycles. The maximum Gasteiger partial charge on any atom is 0.335 e. The lowest BCUT2D eigenvalue weighted by Crippen LogP contribution is -2.19. The van der Waals surface area contributed by atoms with Crippen molar-refractivity contribution in [1.29, 1.82) is 0 Å². The highest BCUT2D eigenvalue weighted by Crippen LogP contribution is 2.29. The third-order valence-electron chi connectivity index (χ3n) is 4.25. The van der Waals surface area contributed by atoms with Crippen LogP contribution >= 0.6 is 11.6 Å². The van der Waals surface area contributed by atoms with Gasteiger partial charge in [0.05, 0.1) is 5.56 Å². The van der Waals surface area contributed by atoms with Gasteiger partial charge in [-0.15, -0.1) is 0 Å².